The molecule has 0 fully saturated rings. The van der Waals surface area contributed by atoms with Crippen molar-refractivity contribution < 1.29 is 56.3 Å². The van der Waals surface area contributed by atoms with Gasteiger partial charge in [-0.15, -0.1) is 51.8 Å². The first-order chi connectivity index (χ1) is 25.0. The molecule has 4 nitrogen and oxygen atoms in total. The Labute approximate surface area is 347 Å². The number of aromatic nitrogens is 2. The molecule has 0 aliphatic heterocycles. The molecular formula is C43H49F6IrN2O2S2-. The number of allylic oxidation sites excluding steroid dienone is 2. The third kappa shape index (κ3) is 10.1. The van der Waals surface area contributed by atoms with E-state index in [0.29, 0.717) is 11.1 Å². The van der Waals surface area contributed by atoms with Crippen molar-refractivity contribution in [3.8, 4) is 21.0 Å². The molecule has 0 aliphatic carbocycles. The number of thiophene rings is 1. The van der Waals surface area contributed by atoms with E-state index >= 15 is 0 Å². The molecule has 5 rings (SSSR count). The van der Waals surface area contributed by atoms with Crippen LogP contribution >= 0.6 is 22.7 Å². The second kappa shape index (κ2) is 16.6. The van der Waals surface area contributed by atoms with Gasteiger partial charge in [0, 0.05) is 65.7 Å². The number of ketones is 1. The number of alkyl halides is 6. The van der Waals surface area contributed by atoms with Crippen LogP contribution in [0.3, 0.4) is 0 Å². The van der Waals surface area contributed by atoms with Gasteiger partial charge >= 0.3 is 12.4 Å². The summed E-state index contributed by atoms with van der Waals surface area (Å²) in [6, 6.07) is 16.2. The van der Waals surface area contributed by atoms with Crippen LogP contribution in [0.4, 0.5) is 26.3 Å². The molecular weight excluding hydrogens is 947 g/mol. The van der Waals surface area contributed by atoms with Gasteiger partial charge in [0.25, 0.3) is 0 Å². The molecule has 0 spiro atoms. The third-order valence-electron chi connectivity index (χ3n) is 9.56. The van der Waals surface area contributed by atoms with E-state index in [4.69, 9.17) is 4.98 Å². The van der Waals surface area contributed by atoms with Crippen LogP contribution in [0, 0.1) is 22.3 Å². The van der Waals surface area contributed by atoms with Crippen LogP contribution in [0.15, 0.2) is 60.6 Å². The Balaban J connectivity index is 0.000000421. The van der Waals surface area contributed by atoms with Gasteiger partial charge in [-0.05, 0) is 42.2 Å². The number of benzene rings is 2. The maximum Gasteiger partial charge on any atom is 0.401 e. The fourth-order valence-electron chi connectivity index (χ4n) is 5.61. The predicted molar refractivity (Wildman–Crippen MR) is 214 cm³/mol. The summed E-state index contributed by atoms with van der Waals surface area (Å²) in [6.45, 7) is 19.8. The Hall–Kier alpha value is -3.12. The number of pyridine rings is 1. The smallest absolute Gasteiger partial charge is 0.401 e. The summed E-state index contributed by atoms with van der Waals surface area (Å²) >= 11 is 3.00. The number of nitrogens with zero attached hydrogens (tertiary/aromatic N) is 2. The summed E-state index contributed by atoms with van der Waals surface area (Å²) in [5.41, 5.74) is -0.870. The molecule has 13 heteroatoms. The molecule has 0 saturated carbocycles. The number of halogens is 6. The minimum absolute atomic E-state index is 0. The molecule has 1 N–H and O–H groups in total. The molecule has 3 aromatic heterocycles. The largest absolute Gasteiger partial charge is 0.512 e. The van der Waals surface area contributed by atoms with Crippen LogP contribution in [0.2, 0.25) is 0 Å². The Kier molecular flexibility index (Phi) is 14.0. The minimum Gasteiger partial charge on any atom is -0.512 e. The first-order valence-corrected chi connectivity index (χ1v) is 19.5. The summed E-state index contributed by atoms with van der Waals surface area (Å²) in [4.78, 5) is 22.6. The Morgan fingerprint density at radius 2 is 1.46 bits per heavy atom. The zero-order chi connectivity index (χ0) is 41.7. The zero-order valence-corrected chi connectivity index (χ0v) is 37.7. The van der Waals surface area contributed by atoms with Crippen molar-refractivity contribution >= 4 is 49.3 Å². The molecule has 1 radical (unpaired) electrons. The standard InChI is InChI=1S/C32H32F3N2S2.C11H17F3O2.Ir/c1-18(2)26-22-12-13-36-27(20-14-19-10-8-9-11-21(19)23(15-20)30(3,4)5)28(22)39-29(26)24-17-37-25(38-24)16-31(6,7)32(33,34)35;1-9(2,3)7(15)6-8(16)10(4,5)11(12,13)14;/h8-13,15,17-18H,16H2,1-7H3;6,15H,1-5H3;/q-1;;/b;7-6-;. The molecule has 307 valence electrons. The summed E-state index contributed by atoms with van der Waals surface area (Å²) in [5, 5.41) is 13.3. The average Bonchev–Trinajstić information content (AvgIpc) is 3.67. The molecule has 56 heavy (non-hydrogen) atoms. The van der Waals surface area contributed by atoms with Crippen molar-refractivity contribution in [2.24, 2.45) is 16.2 Å². The summed E-state index contributed by atoms with van der Waals surface area (Å²) in [7, 11) is 0. The van der Waals surface area contributed by atoms with Crippen molar-refractivity contribution in [2.75, 3.05) is 0 Å². The van der Waals surface area contributed by atoms with Crippen LogP contribution in [-0.2, 0) is 36.7 Å². The number of hydrogen-bond acceptors (Lipinski definition) is 6. The first-order valence-electron chi connectivity index (χ1n) is 17.9. The van der Waals surface area contributed by atoms with E-state index in [2.05, 4.69) is 76.0 Å². The number of aliphatic hydroxyl groups excluding tert-OH is 1. The molecule has 3 heterocycles. The predicted octanol–water partition coefficient (Wildman–Crippen LogP) is 14.2. The summed E-state index contributed by atoms with van der Waals surface area (Å²) < 4.78 is 79.2. The maximum atomic E-state index is 13.5. The van der Waals surface area contributed by atoms with Gasteiger partial charge in [-0.1, -0.05) is 98.4 Å². The molecule has 0 saturated heterocycles. The number of carbonyl (C=O) groups is 1. The molecule has 0 atom stereocenters. The Morgan fingerprint density at radius 1 is 0.857 bits per heavy atom. The monoisotopic (exact) mass is 996 g/mol. The van der Waals surface area contributed by atoms with Crippen molar-refractivity contribution in [2.45, 2.75) is 113 Å². The SMILES string of the molecule is CC(C)(C)/C(O)=C/C(=O)C(C)(C)C(F)(F)F.CC(C)c1c(-c2cnc(CC(C)(C)C(F)(F)F)s2)sc2c(-c3[c-]c4ccccc4c(C(C)(C)C)c3)nccc12.[Ir]. The molecule has 2 aromatic carbocycles. The van der Waals surface area contributed by atoms with E-state index < -0.39 is 34.4 Å². The van der Waals surface area contributed by atoms with Gasteiger partial charge in [0.2, 0.25) is 0 Å². The summed E-state index contributed by atoms with van der Waals surface area (Å²) in [5.74, 6) is -1.28. The maximum absolute atomic E-state index is 13.5. The molecule has 0 aliphatic rings. The zero-order valence-electron chi connectivity index (χ0n) is 33.6. The first kappa shape index (κ1) is 47.3. The number of aliphatic hydroxyl groups is 1. The van der Waals surface area contributed by atoms with Crippen molar-refractivity contribution in [1.82, 2.24) is 9.97 Å². The fourth-order valence-corrected chi connectivity index (χ4v) is 8.32. The normalized spacial score (nSPS) is 13.5. The van der Waals surface area contributed by atoms with Crippen LogP contribution < -0.4 is 0 Å². The van der Waals surface area contributed by atoms with E-state index in [9.17, 15) is 36.2 Å². The molecule has 0 unspecified atom stereocenters. The number of hydrogen-bond donors (Lipinski definition) is 1. The van der Waals surface area contributed by atoms with Crippen molar-refractivity contribution in [1.29, 1.82) is 0 Å². The second-order valence-electron chi connectivity index (χ2n) is 17.4. The Morgan fingerprint density at radius 3 is 2.00 bits per heavy atom. The third-order valence-corrected chi connectivity index (χ3v) is 12.0. The van der Waals surface area contributed by atoms with Crippen LogP contribution in [0.25, 0.3) is 41.9 Å². The van der Waals surface area contributed by atoms with Gasteiger partial charge in [0.05, 0.1) is 15.3 Å². The van der Waals surface area contributed by atoms with E-state index in [1.165, 1.54) is 41.7 Å². The summed E-state index contributed by atoms with van der Waals surface area (Å²) in [6.07, 6.45) is -4.81. The van der Waals surface area contributed by atoms with E-state index in [0.717, 1.165) is 50.3 Å². The van der Waals surface area contributed by atoms with Crippen LogP contribution in [0.1, 0.15) is 105 Å². The van der Waals surface area contributed by atoms with Crippen molar-refractivity contribution in [3.05, 3.63) is 82.8 Å². The van der Waals surface area contributed by atoms with Crippen molar-refractivity contribution in [3.63, 3.8) is 0 Å². The van der Waals surface area contributed by atoms with Gasteiger partial charge in [-0.2, -0.15) is 26.3 Å². The van der Waals surface area contributed by atoms with E-state index in [1.54, 1.807) is 38.3 Å². The van der Waals surface area contributed by atoms with Gasteiger partial charge in [-0.25, -0.2) is 4.98 Å². The second-order valence-corrected chi connectivity index (χ2v) is 19.5. The average molecular weight is 996 g/mol. The van der Waals surface area contributed by atoms with Crippen LogP contribution in [0.5, 0.6) is 0 Å². The van der Waals surface area contributed by atoms with Crippen LogP contribution in [-0.4, -0.2) is 33.2 Å². The number of carbonyl (C=O) groups excluding carboxylic acids is 1. The van der Waals surface area contributed by atoms with Gasteiger partial charge < -0.3 is 5.11 Å². The number of fused-ring (bicyclic) bond motifs is 2. The Bertz CT molecular complexity index is 2220. The number of thiazole rings is 1. The quantitative estimate of drug-likeness (QED) is 0.0764. The topological polar surface area (TPSA) is 63.1 Å². The van der Waals surface area contributed by atoms with E-state index in [1.807, 2.05) is 12.3 Å². The van der Waals surface area contributed by atoms with Gasteiger partial charge in [0.1, 0.15) is 11.2 Å². The van der Waals surface area contributed by atoms with Gasteiger partial charge in [-0.3, -0.25) is 9.78 Å². The fraction of sp³-hybridized carbons (Fsp3) is 0.465. The van der Waals surface area contributed by atoms with Gasteiger partial charge in [0.15, 0.2) is 5.78 Å². The number of rotatable bonds is 7. The van der Waals surface area contributed by atoms with E-state index in [-0.39, 0.29) is 43.6 Å². The molecule has 0 amide bonds. The molecule has 5 aromatic rings. The minimum atomic E-state index is -4.63. The molecule has 0 bridgehead atoms.